The van der Waals surface area contributed by atoms with Crippen molar-refractivity contribution in [3.8, 4) is 0 Å². The fraction of sp³-hybridized carbons (Fsp3) is 0.130. The number of fused-ring (bicyclic) bond motifs is 2. The zero-order valence-electron chi connectivity index (χ0n) is 16.6. The zero-order valence-corrected chi connectivity index (χ0v) is 17.5. The van der Waals surface area contributed by atoms with Gasteiger partial charge in [-0.2, -0.15) is 0 Å². The Morgan fingerprint density at radius 3 is 2.03 bits per heavy atom. The first kappa shape index (κ1) is 18.6. The highest BCUT2D eigenvalue weighted by Gasteiger charge is 2.38. The summed E-state index contributed by atoms with van der Waals surface area (Å²) in [5.74, 6) is 0.885. The van der Waals surface area contributed by atoms with Gasteiger partial charge >= 0.3 is 0 Å². The smallest absolute Gasteiger partial charge is 0.267 e. The van der Waals surface area contributed by atoms with Gasteiger partial charge in [-0.05, 0) is 49.7 Å². The van der Waals surface area contributed by atoms with E-state index in [1.165, 1.54) is 4.31 Å². The Bertz CT molecular complexity index is 1370. The van der Waals surface area contributed by atoms with E-state index in [1.54, 1.807) is 24.3 Å². The maximum absolute atomic E-state index is 13.5. The maximum Gasteiger partial charge on any atom is 0.267 e. The summed E-state index contributed by atoms with van der Waals surface area (Å²) in [5, 5.41) is 0. The lowest BCUT2D eigenvalue weighted by molar-refractivity contribution is 0.592. The van der Waals surface area contributed by atoms with Crippen molar-refractivity contribution in [2.45, 2.75) is 18.7 Å². The number of benzene rings is 3. The number of para-hydroxylation sites is 3. The molecule has 4 aromatic rings. The van der Waals surface area contributed by atoms with Crippen LogP contribution >= 0.6 is 0 Å². The van der Waals surface area contributed by atoms with Crippen LogP contribution in [0, 0.1) is 13.8 Å². The Morgan fingerprint density at radius 1 is 0.767 bits per heavy atom. The Kier molecular flexibility index (Phi) is 4.22. The largest absolute Gasteiger partial charge is 0.304 e. The first-order valence-electron chi connectivity index (χ1n) is 9.64. The fourth-order valence-corrected chi connectivity index (χ4v) is 5.03. The molecule has 0 saturated carbocycles. The third kappa shape index (κ3) is 2.90. The van der Waals surface area contributed by atoms with Gasteiger partial charge in [-0.15, -0.1) is 0 Å². The summed E-state index contributed by atoms with van der Waals surface area (Å²) in [6, 6.07) is 22.2. The molecule has 1 aliphatic heterocycles. The van der Waals surface area contributed by atoms with E-state index in [0.717, 1.165) is 22.3 Å². The van der Waals surface area contributed by atoms with Crippen LogP contribution in [0.25, 0.3) is 11.0 Å². The normalized spacial score (nSPS) is 13.7. The van der Waals surface area contributed by atoms with Gasteiger partial charge in [0.05, 0.1) is 15.9 Å². The molecule has 0 fully saturated rings. The SMILES string of the molecule is Cc1ccc(S(=O)(=O)N2CN(c3ccccc3C)c3nc4ccccc4nc32)cc1. The quantitative estimate of drug-likeness (QED) is 0.490. The minimum Gasteiger partial charge on any atom is -0.304 e. The summed E-state index contributed by atoms with van der Waals surface area (Å²) >= 11 is 0. The van der Waals surface area contributed by atoms with Gasteiger partial charge < -0.3 is 4.90 Å². The number of aryl methyl sites for hydroxylation is 2. The summed E-state index contributed by atoms with van der Waals surface area (Å²) in [6.07, 6.45) is 0. The summed E-state index contributed by atoms with van der Waals surface area (Å²) in [5.41, 5.74) is 4.33. The molecule has 0 spiro atoms. The molecule has 0 radical (unpaired) electrons. The lowest BCUT2D eigenvalue weighted by Crippen LogP contribution is -2.34. The highest BCUT2D eigenvalue weighted by molar-refractivity contribution is 7.92. The Hall–Kier alpha value is -3.45. The highest BCUT2D eigenvalue weighted by Crippen LogP contribution is 2.42. The molecule has 150 valence electrons. The first-order chi connectivity index (χ1) is 14.4. The predicted octanol–water partition coefficient (Wildman–Crippen LogP) is 4.55. The van der Waals surface area contributed by atoms with Crippen molar-refractivity contribution in [3.63, 3.8) is 0 Å². The van der Waals surface area contributed by atoms with Crippen LogP contribution in [0.1, 0.15) is 11.1 Å². The molecule has 0 saturated heterocycles. The highest BCUT2D eigenvalue weighted by atomic mass is 32.2. The topological polar surface area (TPSA) is 66.4 Å². The Labute approximate surface area is 175 Å². The van der Waals surface area contributed by atoms with E-state index < -0.39 is 10.0 Å². The summed E-state index contributed by atoms with van der Waals surface area (Å²) < 4.78 is 28.4. The van der Waals surface area contributed by atoms with Gasteiger partial charge in [0.2, 0.25) is 0 Å². The lowest BCUT2D eigenvalue weighted by Gasteiger charge is -2.22. The van der Waals surface area contributed by atoms with Crippen molar-refractivity contribution in [1.29, 1.82) is 0 Å². The molecule has 30 heavy (non-hydrogen) atoms. The number of nitrogens with zero attached hydrogens (tertiary/aromatic N) is 4. The fourth-order valence-electron chi connectivity index (χ4n) is 3.68. The maximum atomic E-state index is 13.5. The standard InChI is InChI=1S/C23H20N4O2S/c1-16-11-13-18(14-12-16)30(28,29)27-15-26(21-10-6-3-7-17(21)2)22-23(27)25-20-9-5-4-8-19(20)24-22/h3-14H,15H2,1-2H3. The van der Waals surface area contributed by atoms with Crippen molar-refractivity contribution in [1.82, 2.24) is 9.97 Å². The molecule has 6 nitrogen and oxygen atoms in total. The van der Waals surface area contributed by atoms with Crippen molar-refractivity contribution in [3.05, 3.63) is 83.9 Å². The molecule has 7 heteroatoms. The van der Waals surface area contributed by atoms with Gasteiger partial charge in [0.15, 0.2) is 11.6 Å². The van der Waals surface area contributed by atoms with E-state index >= 15 is 0 Å². The lowest BCUT2D eigenvalue weighted by atomic mass is 10.2. The van der Waals surface area contributed by atoms with Crippen molar-refractivity contribution in [2.75, 3.05) is 15.9 Å². The van der Waals surface area contributed by atoms with Gasteiger partial charge in [-0.1, -0.05) is 48.0 Å². The van der Waals surface area contributed by atoms with Crippen LogP contribution < -0.4 is 9.21 Å². The second-order valence-corrected chi connectivity index (χ2v) is 9.24. The minimum atomic E-state index is -3.80. The zero-order chi connectivity index (χ0) is 20.9. The van der Waals surface area contributed by atoms with Crippen LogP contribution in [0.2, 0.25) is 0 Å². The molecule has 0 bridgehead atoms. The molecule has 0 aliphatic carbocycles. The van der Waals surface area contributed by atoms with Crippen LogP contribution in [-0.2, 0) is 10.0 Å². The van der Waals surface area contributed by atoms with Gasteiger partial charge in [0.25, 0.3) is 10.0 Å². The number of rotatable bonds is 3. The van der Waals surface area contributed by atoms with Crippen LogP contribution in [0.3, 0.4) is 0 Å². The Balaban J connectivity index is 1.72. The molecule has 1 aromatic heterocycles. The monoisotopic (exact) mass is 416 g/mol. The molecular weight excluding hydrogens is 396 g/mol. The third-order valence-electron chi connectivity index (χ3n) is 5.31. The van der Waals surface area contributed by atoms with E-state index in [9.17, 15) is 8.42 Å². The molecule has 0 N–H and O–H groups in total. The van der Waals surface area contributed by atoms with Crippen LogP contribution in [0.5, 0.6) is 0 Å². The van der Waals surface area contributed by atoms with Crippen molar-refractivity contribution >= 4 is 38.4 Å². The predicted molar refractivity (Wildman–Crippen MR) is 119 cm³/mol. The minimum absolute atomic E-state index is 0.118. The van der Waals surface area contributed by atoms with Crippen LogP contribution in [0.15, 0.2) is 77.7 Å². The second kappa shape index (κ2) is 6.81. The van der Waals surface area contributed by atoms with Gasteiger partial charge in [-0.25, -0.2) is 22.7 Å². The van der Waals surface area contributed by atoms with Crippen LogP contribution in [-0.4, -0.2) is 25.1 Å². The number of anilines is 3. The Morgan fingerprint density at radius 2 is 1.37 bits per heavy atom. The molecule has 0 atom stereocenters. The molecule has 0 amide bonds. The van der Waals surface area contributed by atoms with Gasteiger partial charge in [0, 0.05) is 5.69 Å². The van der Waals surface area contributed by atoms with Gasteiger partial charge in [0.1, 0.15) is 6.67 Å². The number of hydrogen-bond donors (Lipinski definition) is 0. The van der Waals surface area contributed by atoms with Crippen molar-refractivity contribution < 1.29 is 8.42 Å². The van der Waals surface area contributed by atoms with Crippen molar-refractivity contribution in [2.24, 2.45) is 0 Å². The number of hydrogen-bond acceptors (Lipinski definition) is 5. The number of sulfonamides is 1. The average molecular weight is 417 g/mol. The molecule has 1 aliphatic rings. The van der Waals surface area contributed by atoms with E-state index in [0.29, 0.717) is 17.2 Å². The molecular formula is C23H20N4O2S. The summed E-state index contributed by atoms with van der Waals surface area (Å²) in [4.78, 5) is 11.6. The van der Waals surface area contributed by atoms with E-state index in [2.05, 4.69) is 0 Å². The van der Waals surface area contributed by atoms with E-state index in [4.69, 9.17) is 9.97 Å². The van der Waals surface area contributed by atoms with Gasteiger partial charge in [-0.3, -0.25) is 0 Å². The number of aromatic nitrogens is 2. The summed E-state index contributed by atoms with van der Waals surface area (Å²) in [6.45, 7) is 4.05. The second-order valence-electron chi connectivity index (χ2n) is 7.38. The molecule has 5 rings (SSSR count). The molecule has 3 aromatic carbocycles. The molecule has 2 heterocycles. The van der Waals surface area contributed by atoms with E-state index in [1.807, 2.05) is 67.3 Å². The van der Waals surface area contributed by atoms with E-state index in [-0.39, 0.29) is 11.6 Å². The average Bonchev–Trinajstić information content (AvgIpc) is 3.12. The first-order valence-corrected chi connectivity index (χ1v) is 11.1. The summed E-state index contributed by atoms with van der Waals surface area (Å²) in [7, 11) is -3.80. The van der Waals surface area contributed by atoms with Crippen LogP contribution in [0.4, 0.5) is 17.3 Å². The molecule has 0 unspecified atom stereocenters. The third-order valence-corrected chi connectivity index (χ3v) is 7.05.